The predicted octanol–water partition coefficient (Wildman–Crippen LogP) is 2.94. The number of amides is 1. The smallest absolute Gasteiger partial charge is 0.339 e. The van der Waals surface area contributed by atoms with Crippen LogP contribution in [-0.4, -0.2) is 24.0 Å². The van der Waals surface area contributed by atoms with Crippen LogP contribution in [0.5, 0.6) is 0 Å². The minimum atomic E-state index is -0.475. The number of esters is 1. The molecular formula is C12H9BrN2O3S. The van der Waals surface area contributed by atoms with Gasteiger partial charge in [-0.05, 0) is 34.1 Å². The number of rotatable bonds is 3. The molecule has 0 unspecified atom stereocenters. The average molecular weight is 341 g/mol. The van der Waals surface area contributed by atoms with E-state index in [1.54, 1.807) is 29.1 Å². The molecule has 0 aliphatic rings. The second-order valence-corrected chi connectivity index (χ2v) is 5.09. The van der Waals surface area contributed by atoms with Crippen LogP contribution in [0.4, 0.5) is 5.69 Å². The van der Waals surface area contributed by atoms with Gasteiger partial charge in [0.1, 0.15) is 5.69 Å². The first-order chi connectivity index (χ1) is 9.11. The first-order valence-electron chi connectivity index (χ1n) is 5.19. The van der Waals surface area contributed by atoms with Gasteiger partial charge in [-0.15, -0.1) is 11.3 Å². The van der Waals surface area contributed by atoms with Gasteiger partial charge in [0.05, 0.1) is 18.2 Å². The number of hydrogen-bond donors (Lipinski definition) is 1. The molecule has 0 bridgehead atoms. The normalized spacial score (nSPS) is 10.0. The van der Waals surface area contributed by atoms with E-state index in [1.807, 2.05) is 0 Å². The number of nitrogens with one attached hydrogen (secondary N) is 1. The molecule has 0 spiro atoms. The number of benzene rings is 1. The number of aromatic nitrogens is 1. The van der Waals surface area contributed by atoms with Crippen LogP contribution in [0.25, 0.3) is 0 Å². The van der Waals surface area contributed by atoms with Gasteiger partial charge in [0.15, 0.2) is 0 Å². The largest absolute Gasteiger partial charge is 0.465 e. The van der Waals surface area contributed by atoms with Crippen molar-refractivity contribution in [1.82, 2.24) is 4.98 Å². The molecule has 0 radical (unpaired) electrons. The zero-order chi connectivity index (χ0) is 13.8. The summed E-state index contributed by atoms with van der Waals surface area (Å²) in [6.45, 7) is 0. The zero-order valence-corrected chi connectivity index (χ0v) is 12.2. The maximum Gasteiger partial charge on any atom is 0.339 e. The summed E-state index contributed by atoms with van der Waals surface area (Å²) in [6, 6.07) is 4.89. The van der Waals surface area contributed by atoms with E-state index in [9.17, 15) is 9.59 Å². The fourth-order valence-corrected chi connectivity index (χ4v) is 2.33. The Bertz CT molecular complexity index is 613. The SMILES string of the molecule is COC(=O)c1cc(NC(=O)c2cscn2)ccc1Br. The number of halogens is 1. The van der Waals surface area contributed by atoms with E-state index in [-0.39, 0.29) is 5.91 Å². The average Bonchev–Trinajstić information content (AvgIpc) is 2.94. The quantitative estimate of drug-likeness (QED) is 0.872. The van der Waals surface area contributed by atoms with E-state index in [4.69, 9.17) is 0 Å². The van der Waals surface area contributed by atoms with Crippen LogP contribution in [-0.2, 0) is 4.74 Å². The summed E-state index contributed by atoms with van der Waals surface area (Å²) in [5.74, 6) is -0.795. The summed E-state index contributed by atoms with van der Waals surface area (Å²) < 4.78 is 5.26. The molecule has 0 aliphatic carbocycles. The Morgan fingerprint density at radius 3 is 2.84 bits per heavy atom. The van der Waals surface area contributed by atoms with Crippen LogP contribution < -0.4 is 5.32 Å². The van der Waals surface area contributed by atoms with E-state index in [0.29, 0.717) is 21.4 Å². The third-order valence-corrected chi connectivity index (χ3v) is 3.57. The maximum atomic E-state index is 11.8. The fraction of sp³-hybridized carbons (Fsp3) is 0.0833. The third-order valence-electron chi connectivity index (χ3n) is 2.29. The second-order valence-electron chi connectivity index (χ2n) is 3.51. The molecule has 2 aromatic rings. The van der Waals surface area contributed by atoms with Gasteiger partial charge in [-0.25, -0.2) is 9.78 Å². The Morgan fingerprint density at radius 1 is 1.42 bits per heavy atom. The van der Waals surface area contributed by atoms with Crippen molar-refractivity contribution in [3.8, 4) is 0 Å². The number of methoxy groups -OCH3 is 1. The van der Waals surface area contributed by atoms with Crippen LogP contribution in [0.1, 0.15) is 20.8 Å². The minimum absolute atomic E-state index is 0.320. The first-order valence-corrected chi connectivity index (χ1v) is 6.93. The molecule has 1 amide bonds. The van der Waals surface area contributed by atoms with Gasteiger partial charge < -0.3 is 10.1 Å². The fourth-order valence-electron chi connectivity index (χ4n) is 1.39. The standard InChI is InChI=1S/C12H9BrN2O3S/c1-18-12(17)8-4-7(2-3-9(8)13)15-11(16)10-5-19-6-14-10/h2-6H,1H3,(H,15,16). The lowest BCUT2D eigenvalue weighted by molar-refractivity contribution is 0.0599. The van der Waals surface area contributed by atoms with E-state index >= 15 is 0 Å². The summed E-state index contributed by atoms with van der Waals surface area (Å²) >= 11 is 4.59. The third kappa shape index (κ3) is 3.18. The molecule has 0 saturated carbocycles. The monoisotopic (exact) mass is 340 g/mol. The van der Waals surface area contributed by atoms with Crippen molar-refractivity contribution in [3.63, 3.8) is 0 Å². The number of anilines is 1. The summed E-state index contributed by atoms with van der Waals surface area (Å²) in [6.07, 6.45) is 0. The molecule has 1 aromatic heterocycles. The number of carbonyl (C=O) groups excluding carboxylic acids is 2. The van der Waals surface area contributed by atoms with E-state index < -0.39 is 5.97 Å². The van der Waals surface area contributed by atoms with Crippen LogP contribution in [0.3, 0.4) is 0 Å². The van der Waals surface area contributed by atoms with Crippen molar-refractivity contribution in [2.45, 2.75) is 0 Å². The van der Waals surface area contributed by atoms with Gasteiger partial charge in [-0.3, -0.25) is 4.79 Å². The number of ether oxygens (including phenoxy) is 1. The highest BCUT2D eigenvalue weighted by Crippen LogP contribution is 2.22. The van der Waals surface area contributed by atoms with Crippen molar-refractivity contribution >= 4 is 44.8 Å². The molecule has 7 heteroatoms. The molecule has 5 nitrogen and oxygen atoms in total. The minimum Gasteiger partial charge on any atom is -0.465 e. The highest BCUT2D eigenvalue weighted by molar-refractivity contribution is 9.10. The van der Waals surface area contributed by atoms with Crippen LogP contribution in [0.15, 0.2) is 33.6 Å². The van der Waals surface area contributed by atoms with Crippen molar-refractivity contribution in [1.29, 1.82) is 0 Å². The summed E-state index contributed by atoms with van der Waals surface area (Å²) in [4.78, 5) is 27.3. The van der Waals surface area contributed by atoms with E-state index in [1.165, 1.54) is 18.4 Å². The highest BCUT2D eigenvalue weighted by atomic mass is 79.9. The zero-order valence-electron chi connectivity index (χ0n) is 9.84. The lowest BCUT2D eigenvalue weighted by atomic mass is 10.2. The first kappa shape index (κ1) is 13.7. The molecule has 0 atom stereocenters. The molecule has 2 rings (SSSR count). The summed E-state index contributed by atoms with van der Waals surface area (Å²) in [7, 11) is 1.30. The van der Waals surface area contributed by atoms with Gasteiger partial charge in [-0.1, -0.05) is 0 Å². The van der Waals surface area contributed by atoms with Crippen molar-refractivity contribution in [2.24, 2.45) is 0 Å². The molecule has 0 aliphatic heterocycles. The summed E-state index contributed by atoms with van der Waals surface area (Å²) in [5, 5.41) is 4.32. The molecule has 19 heavy (non-hydrogen) atoms. The van der Waals surface area contributed by atoms with Gasteiger partial charge in [-0.2, -0.15) is 0 Å². The Labute approximate surface area is 121 Å². The molecule has 1 N–H and O–H groups in total. The van der Waals surface area contributed by atoms with Crippen LogP contribution >= 0.6 is 27.3 Å². The van der Waals surface area contributed by atoms with Crippen LogP contribution in [0.2, 0.25) is 0 Å². The lowest BCUT2D eigenvalue weighted by Gasteiger charge is -2.07. The Kier molecular flexibility index (Phi) is 4.28. The molecular weight excluding hydrogens is 332 g/mol. The van der Waals surface area contributed by atoms with E-state index in [0.717, 1.165) is 0 Å². The number of thiazole rings is 1. The van der Waals surface area contributed by atoms with E-state index in [2.05, 4.69) is 31.0 Å². The van der Waals surface area contributed by atoms with Gasteiger partial charge in [0, 0.05) is 15.5 Å². The summed E-state index contributed by atoms with van der Waals surface area (Å²) in [5.41, 5.74) is 2.77. The Morgan fingerprint density at radius 2 is 2.21 bits per heavy atom. The highest BCUT2D eigenvalue weighted by Gasteiger charge is 2.13. The second kappa shape index (κ2) is 5.94. The lowest BCUT2D eigenvalue weighted by Crippen LogP contribution is -2.13. The Hall–Kier alpha value is -1.73. The molecule has 98 valence electrons. The topological polar surface area (TPSA) is 68.3 Å². The number of carbonyl (C=O) groups is 2. The van der Waals surface area contributed by atoms with Crippen molar-refractivity contribution in [3.05, 3.63) is 44.8 Å². The molecule has 0 fully saturated rings. The van der Waals surface area contributed by atoms with Gasteiger partial charge >= 0.3 is 5.97 Å². The Balaban J connectivity index is 2.22. The van der Waals surface area contributed by atoms with Crippen LogP contribution in [0, 0.1) is 0 Å². The molecule has 0 saturated heterocycles. The van der Waals surface area contributed by atoms with Gasteiger partial charge in [0.2, 0.25) is 0 Å². The van der Waals surface area contributed by atoms with Gasteiger partial charge in [0.25, 0.3) is 5.91 Å². The predicted molar refractivity (Wildman–Crippen MR) is 75.5 cm³/mol. The number of hydrogen-bond acceptors (Lipinski definition) is 5. The molecule has 1 heterocycles. The maximum absolute atomic E-state index is 11.8. The van der Waals surface area contributed by atoms with Crippen molar-refractivity contribution < 1.29 is 14.3 Å². The van der Waals surface area contributed by atoms with Crippen molar-refractivity contribution in [2.75, 3.05) is 12.4 Å². The molecule has 1 aromatic carbocycles. The number of nitrogens with zero attached hydrogens (tertiary/aromatic N) is 1.